The number of fused-ring (bicyclic) bond motifs is 1. The smallest absolute Gasteiger partial charge is 0.256 e. The van der Waals surface area contributed by atoms with E-state index < -0.39 is 0 Å². The van der Waals surface area contributed by atoms with Gasteiger partial charge in [0.2, 0.25) is 0 Å². The van der Waals surface area contributed by atoms with Crippen LogP contribution in [-0.2, 0) is 0 Å². The Kier molecular flexibility index (Phi) is 11.5. The van der Waals surface area contributed by atoms with Gasteiger partial charge in [-0.3, -0.25) is 4.79 Å². The lowest BCUT2D eigenvalue weighted by molar-refractivity contribution is 0.102. The molecule has 6 nitrogen and oxygen atoms in total. The molecule has 0 aliphatic rings. The molecule has 4 rings (SSSR count). The molecular weight excluding hydrogens is 525 g/mol. The lowest BCUT2D eigenvalue weighted by atomic mass is 10.0. The number of thioether (sulfide) groups is 2. The van der Waals surface area contributed by atoms with Crippen LogP contribution in [0.4, 0.5) is 5.69 Å². The van der Waals surface area contributed by atoms with Gasteiger partial charge < -0.3 is 21.5 Å². The van der Waals surface area contributed by atoms with Crippen LogP contribution in [0.1, 0.15) is 23.2 Å². The van der Waals surface area contributed by atoms with Crippen molar-refractivity contribution >= 4 is 46.0 Å². The van der Waals surface area contributed by atoms with Crippen LogP contribution in [0.5, 0.6) is 5.75 Å². The van der Waals surface area contributed by atoms with E-state index in [1.54, 1.807) is 0 Å². The van der Waals surface area contributed by atoms with Gasteiger partial charge in [0.05, 0.1) is 16.8 Å². The number of rotatable bonds is 15. The molecule has 8 heteroatoms. The third kappa shape index (κ3) is 8.73. The van der Waals surface area contributed by atoms with Crippen LogP contribution in [-0.4, -0.2) is 53.1 Å². The van der Waals surface area contributed by atoms with Gasteiger partial charge in [0.25, 0.3) is 5.91 Å². The number of benzene rings is 3. The minimum Gasteiger partial charge on any atom is -0.492 e. The number of carbonyl (C=O) groups excluding carboxylic acids is 1. The van der Waals surface area contributed by atoms with Crippen molar-refractivity contribution in [2.75, 3.05) is 42.3 Å². The number of hydrogen-bond acceptors (Lipinski definition) is 7. The molecule has 1 atom stereocenters. The van der Waals surface area contributed by atoms with E-state index in [0.717, 1.165) is 64.6 Å². The Morgan fingerprint density at radius 2 is 1.62 bits per heavy atom. The molecule has 0 aliphatic heterocycles. The minimum absolute atomic E-state index is 0.176. The zero-order chi connectivity index (χ0) is 27.3. The molecular formula is C31H36N4O2S2. The van der Waals surface area contributed by atoms with Crippen molar-refractivity contribution in [1.82, 2.24) is 4.98 Å². The summed E-state index contributed by atoms with van der Waals surface area (Å²) >= 11 is 3.84. The second-order valence-electron chi connectivity index (χ2n) is 9.08. The van der Waals surface area contributed by atoms with E-state index in [1.165, 1.54) is 0 Å². The van der Waals surface area contributed by atoms with Crippen LogP contribution in [0.3, 0.4) is 0 Å². The third-order valence-corrected chi connectivity index (χ3v) is 8.80. The second-order valence-corrected chi connectivity index (χ2v) is 11.6. The first-order valence-corrected chi connectivity index (χ1v) is 15.5. The number of nitrogens with zero attached hydrogens (tertiary/aromatic N) is 1. The Balaban J connectivity index is 1.41. The van der Waals surface area contributed by atoms with Gasteiger partial charge in [-0.1, -0.05) is 48.5 Å². The zero-order valence-corrected chi connectivity index (χ0v) is 23.7. The Morgan fingerprint density at radius 1 is 0.897 bits per heavy atom. The van der Waals surface area contributed by atoms with Crippen molar-refractivity contribution in [3.05, 3.63) is 90.5 Å². The highest BCUT2D eigenvalue weighted by Crippen LogP contribution is 2.26. The SMILES string of the molecule is NCCCSCC(COc1ccc(NC(=O)c2cc(-c3ccccc3)nc3ccccc23)cc1)SCCCN. The molecule has 1 amide bonds. The average molecular weight is 561 g/mol. The predicted molar refractivity (Wildman–Crippen MR) is 168 cm³/mol. The molecule has 1 unspecified atom stereocenters. The average Bonchev–Trinajstić information content (AvgIpc) is 2.98. The largest absolute Gasteiger partial charge is 0.492 e. The second kappa shape index (κ2) is 15.5. The molecule has 0 bridgehead atoms. The number of anilines is 1. The molecule has 5 N–H and O–H groups in total. The fraction of sp³-hybridized carbons (Fsp3) is 0.290. The molecule has 0 saturated heterocycles. The molecule has 3 aromatic carbocycles. The Bertz CT molecular complexity index is 1320. The van der Waals surface area contributed by atoms with E-state index in [4.69, 9.17) is 21.2 Å². The number of ether oxygens (including phenoxy) is 1. The molecule has 0 aliphatic carbocycles. The van der Waals surface area contributed by atoms with Crippen LogP contribution in [0.25, 0.3) is 22.2 Å². The molecule has 0 spiro atoms. The van der Waals surface area contributed by atoms with Gasteiger partial charge in [-0.05, 0) is 73.8 Å². The van der Waals surface area contributed by atoms with Gasteiger partial charge in [0.15, 0.2) is 0 Å². The summed E-state index contributed by atoms with van der Waals surface area (Å²) < 4.78 is 6.11. The van der Waals surface area contributed by atoms with Crippen LogP contribution < -0.4 is 21.5 Å². The quantitative estimate of drug-likeness (QED) is 0.152. The summed E-state index contributed by atoms with van der Waals surface area (Å²) in [5.41, 5.74) is 15.1. The molecule has 1 aromatic heterocycles. The monoisotopic (exact) mass is 560 g/mol. The number of nitrogens with one attached hydrogen (secondary N) is 1. The summed E-state index contributed by atoms with van der Waals surface area (Å²) in [4.78, 5) is 18.2. The zero-order valence-electron chi connectivity index (χ0n) is 22.1. The predicted octanol–water partition coefficient (Wildman–Crippen LogP) is 6.07. The van der Waals surface area contributed by atoms with Crippen molar-refractivity contribution in [2.24, 2.45) is 11.5 Å². The minimum atomic E-state index is -0.176. The van der Waals surface area contributed by atoms with Gasteiger partial charge in [0.1, 0.15) is 12.4 Å². The van der Waals surface area contributed by atoms with Crippen LogP contribution in [0, 0.1) is 0 Å². The molecule has 39 heavy (non-hydrogen) atoms. The maximum Gasteiger partial charge on any atom is 0.256 e. The van der Waals surface area contributed by atoms with E-state index >= 15 is 0 Å². The van der Waals surface area contributed by atoms with Crippen molar-refractivity contribution in [3.63, 3.8) is 0 Å². The molecule has 0 fully saturated rings. The van der Waals surface area contributed by atoms with Crippen molar-refractivity contribution in [1.29, 1.82) is 0 Å². The number of para-hydroxylation sites is 1. The number of amides is 1. The number of carbonyl (C=O) groups is 1. The number of aromatic nitrogens is 1. The third-order valence-electron chi connectivity index (χ3n) is 6.08. The lowest BCUT2D eigenvalue weighted by Gasteiger charge is -2.17. The fourth-order valence-corrected chi connectivity index (χ4v) is 6.42. The van der Waals surface area contributed by atoms with Gasteiger partial charge >= 0.3 is 0 Å². The van der Waals surface area contributed by atoms with Crippen LogP contribution in [0.2, 0.25) is 0 Å². The Labute approximate surface area is 239 Å². The first-order valence-electron chi connectivity index (χ1n) is 13.3. The molecule has 4 aromatic rings. The molecule has 1 heterocycles. The molecule has 0 saturated carbocycles. The highest BCUT2D eigenvalue weighted by Gasteiger charge is 2.15. The normalized spacial score (nSPS) is 11.8. The van der Waals surface area contributed by atoms with Gasteiger partial charge in [-0.15, -0.1) is 0 Å². The van der Waals surface area contributed by atoms with Crippen molar-refractivity contribution < 1.29 is 9.53 Å². The van der Waals surface area contributed by atoms with Gasteiger partial charge in [-0.25, -0.2) is 4.98 Å². The Morgan fingerprint density at radius 3 is 2.38 bits per heavy atom. The Hall–Kier alpha value is -3.04. The highest BCUT2D eigenvalue weighted by molar-refractivity contribution is 8.03. The standard InChI is InChI=1S/C31H36N4O2S2/c32-16-6-18-38-22-26(39-19-7-17-33)21-37-25-14-12-24(13-15-25)34-31(36)28-20-30(23-8-2-1-3-9-23)35-29-11-5-4-10-27(28)29/h1-5,8-15,20,26H,6-7,16-19,21-22,32-33H2,(H,34,36). The topological polar surface area (TPSA) is 103 Å². The maximum atomic E-state index is 13.4. The van der Waals surface area contributed by atoms with Crippen LogP contribution in [0.15, 0.2) is 84.9 Å². The maximum absolute atomic E-state index is 13.4. The van der Waals surface area contributed by atoms with Crippen LogP contribution >= 0.6 is 23.5 Å². The molecule has 0 radical (unpaired) electrons. The summed E-state index contributed by atoms with van der Waals surface area (Å²) in [7, 11) is 0. The van der Waals surface area contributed by atoms with E-state index in [2.05, 4.69) is 5.32 Å². The van der Waals surface area contributed by atoms with Crippen molar-refractivity contribution in [2.45, 2.75) is 18.1 Å². The molecule has 204 valence electrons. The number of hydrogen-bond donors (Lipinski definition) is 3. The first kappa shape index (κ1) is 29.0. The van der Waals surface area contributed by atoms with E-state index in [0.29, 0.717) is 29.7 Å². The summed E-state index contributed by atoms with van der Waals surface area (Å²) in [5.74, 6) is 3.73. The summed E-state index contributed by atoms with van der Waals surface area (Å²) in [6, 6.07) is 27.0. The van der Waals surface area contributed by atoms with E-state index in [1.807, 2.05) is 108 Å². The van der Waals surface area contributed by atoms with E-state index in [9.17, 15) is 4.79 Å². The lowest BCUT2D eigenvalue weighted by Crippen LogP contribution is -2.19. The summed E-state index contributed by atoms with van der Waals surface area (Å²) in [6.07, 6.45) is 2.03. The van der Waals surface area contributed by atoms with E-state index in [-0.39, 0.29) is 5.91 Å². The first-order chi connectivity index (χ1) is 19.2. The van der Waals surface area contributed by atoms with Gasteiger partial charge in [0, 0.05) is 27.6 Å². The van der Waals surface area contributed by atoms with Crippen molar-refractivity contribution in [3.8, 4) is 17.0 Å². The van der Waals surface area contributed by atoms with Gasteiger partial charge in [-0.2, -0.15) is 23.5 Å². The summed E-state index contributed by atoms with van der Waals surface area (Å²) in [6.45, 7) is 2.06. The highest BCUT2D eigenvalue weighted by atomic mass is 32.2. The number of nitrogens with two attached hydrogens (primary N) is 2. The fourth-order valence-electron chi connectivity index (χ4n) is 4.02. The number of pyridine rings is 1. The summed E-state index contributed by atoms with van der Waals surface area (Å²) in [5, 5.41) is 4.25.